The molecule has 5 heteroatoms. The van der Waals surface area contributed by atoms with E-state index in [0.29, 0.717) is 17.9 Å². The molecule has 0 saturated carbocycles. The number of anilines is 1. The van der Waals surface area contributed by atoms with Crippen LogP contribution in [0.4, 0.5) is 5.82 Å². The molecule has 0 aliphatic rings. The molecule has 1 N–H and O–H groups in total. The van der Waals surface area contributed by atoms with Gasteiger partial charge in [0.05, 0.1) is 17.1 Å². The molecule has 0 bridgehead atoms. The summed E-state index contributed by atoms with van der Waals surface area (Å²) in [5.74, 6) is 0.704. The monoisotopic (exact) mass is 294 g/mol. The lowest BCUT2D eigenvalue weighted by molar-refractivity contribution is 1.10. The first kappa shape index (κ1) is 13.3. The quantitative estimate of drug-likeness (QED) is 0.747. The van der Waals surface area contributed by atoms with E-state index < -0.39 is 0 Å². The maximum atomic E-state index is 8.79. The number of nitrogens with zero attached hydrogens (tertiary/aromatic N) is 3. The third-order valence-corrected chi connectivity index (χ3v) is 3.29. The Morgan fingerprint density at radius 1 is 1.05 bits per heavy atom. The van der Waals surface area contributed by atoms with Gasteiger partial charge in [-0.05, 0) is 41.4 Å². The molecule has 4 nitrogen and oxygen atoms in total. The van der Waals surface area contributed by atoms with Crippen LogP contribution in [-0.4, -0.2) is 9.97 Å². The van der Waals surface area contributed by atoms with Gasteiger partial charge < -0.3 is 5.32 Å². The molecular formula is C16H11ClN4. The maximum absolute atomic E-state index is 8.79. The molecule has 21 heavy (non-hydrogen) atoms. The zero-order valence-electron chi connectivity index (χ0n) is 11.0. The number of hydrogen-bond acceptors (Lipinski definition) is 4. The molecule has 0 aliphatic heterocycles. The summed E-state index contributed by atoms with van der Waals surface area (Å²) in [6, 6.07) is 17.2. The van der Waals surface area contributed by atoms with E-state index in [1.807, 2.05) is 36.4 Å². The van der Waals surface area contributed by atoms with Gasteiger partial charge in [-0.25, -0.2) is 9.97 Å². The fraction of sp³-hybridized carbons (Fsp3) is 0.0625. The topological polar surface area (TPSA) is 61.6 Å². The zero-order valence-corrected chi connectivity index (χ0v) is 11.8. The molecule has 3 rings (SSSR count). The molecule has 0 atom stereocenters. The van der Waals surface area contributed by atoms with Crippen LogP contribution in [0.25, 0.3) is 10.9 Å². The van der Waals surface area contributed by atoms with Crippen molar-refractivity contribution in [1.82, 2.24) is 9.97 Å². The van der Waals surface area contributed by atoms with Crippen LogP contribution >= 0.6 is 11.6 Å². The van der Waals surface area contributed by atoms with E-state index in [1.54, 1.807) is 12.1 Å². The van der Waals surface area contributed by atoms with Crippen LogP contribution in [0.3, 0.4) is 0 Å². The van der Waals surface area contributed by atoms with Crippen LogP contribution < -0.4 is 5.32 Å². The third-order valence-electron chi connectivity index (χ3n) is 3.12. The first-order valence-corrected chi connectivity index (χ1v) is 6.79. The Balaban J connectivity index is 1.86. The number of rotatable bonds is 3. The molecule has 0 spiro atoms. The molecule has 3 aromatic rings. The number of para-hydroxylation sites is 1. The average molecular weight is 295 g/mol. The van der Waals surface area contributed by atoms with Gasteiger partial charge in [0.2, 0.25) is 5.28 Å². The molecule has 0 saturated heterocycles. The van der Waals surface area contributed by atoms with Crippen LogP contribution in [0.15, 0.2) is 48.5 Å². The van der Waals surface area contributed by atoms with Gasteiger partial charge in [-0.2, -0.15) is 5.26 Å². The highest BCUT2D eigenvalue weighted by atomic mass is 35.5. The number of nitrogens with one attached hydrogen (secondary N) is 1. The minimum atomic E-state index is 0.219. The highest BCUT2D eigenvalue weighted by Gasteiger charge is 2.05. The summed E-state index contributed by atoms with van der Waals surface area (Å²) in [5.41, 5.74) is 2.52. The predicted octanol–water partition coefficient (Wildman–Crippen LogP) is 3.77. The summed E-state index contributed by atoms with van der Waals surface area (Å²) in [4.78, 5) is 8.43. The minimum Gasteiger partial charge on any atom is -0.365 e. The van der Waals surface area contributed by atoms with Gasteiger partial charge in [-0.1, -0.05) is 24.3 Å². The molecule has 1 aromatic heterocycles. The zero-order chi connectivity index (χ0) is 14.7. The van der Waals surface area contributed by atoms with Gasteiger partial charge in [0.15, 0.2) is 0 Å². The van der Waals surface area contributed by atoms with Crippen molar-refractivity contribution in [2.24, 2.45) is 0 Å². The number of benzene rings is 2. The van der Waals surface area contributed by atoms with Crippen LogP contribution in [-0.2, 0) is 6.54 Å². The molecule has 0 unspecified atom stereocenters. The third kappa shape index (κ3) is 2.93. The maximum Gasteiger partial charge on any atom is 0.224 e. The van der Waals surface area contributed by atoms with Crippen LogP contribution in [0.2, 0.25) is 5.28 Å². The fourth-order valence-electron chi connectivity index (χ4n) is 2.07. The van der Waals surface area contributed by atoms with Gasteiger partial charge in [0.25, 0.3) is 0 Å². The Hall–Kier alpha value is -2.64. The fourth-order valence-corrected chi connectivity index (χ4v) is 2.24. The number of halogens is 1. The van der Waals surface area contributed by atoms with E-state index >= 15 is 0 Å². The molecule has 0 amide bonds. The van der Waals surface area contributed by atoms with E-state index in [1.165, 1.54) is 0 Å². The van der Waals surface area contributed by atoms with E-state index in [9.17, 15) is 0 Å². The molecular weight excluding hydrogens is 284 g/mol. The van der Waals surface area contributed by atoms with Crippen molar-refractivity contribution >= 4 is 28.3 Å². The molecule has 1 heterocycles. The second-order valence-corrected chi connectivity index (χ2v) is 4.86. The van der Waals surface area contributed by atoms with Crippen molar-refractivity contribution in [2.45, 2.75) is 6.54 Å². The van der Waals surface area contributed by atoms with Crippen molar-refractivity contribution in [2.75, 3.05) is 5.32 Å². The van der Waals surface area contributed by atoms with Crippen LogP contribution in [0.5, 0.6) is 0 Å². The van der Waals surface area contributed by atoms with Gasteiger partial charge in [-0.3, -0.25) is 0 Å². The van der Waals surface area contributed by atoms with Crippen molar-refractivity contribution in [3.63, 3.8) is 0 Å². The Kier molecular flexibility index (Phi) is 3.67. The summed E-state index contributed by atoms with van der Waals surface area (Å²) in [6.07, 6.45) is 0. The Morgan fingerprint density at radius 2 is 1.81 bits per heavy atom. The lowest BCUT2D eigenvalue weighted by Gasteiger charge is -2.09. The smallest absolute Gasteiger partial charge is 0.224 e. The standard InChI is InChI=1S/C16H11ClN4/c17-16-20-14-4-2-1-3-13(14)15(21-16)19-10-12-7-5-11(9-18)6-8-12/h1-8H,10H2,(H,19,20,21). The van der Waals surface area contributed by atoms with E-state index in [0.717, 1.165) is 16.5 Å². The number of fused-ring (bicyclic) bond motifs is 1. The molecule has 0 radical (unpaired) electrons. The molecule has 2 aromatic carbocycles. The number of nitriles is 1. The summed E-state index contributed by atoms with van der Waals surface area (Å²) in [6.45, 7) is 0.600. The normalized spacial score (nSPS) is 10.3. The second kappa shape index (κ2) is 5.78. The Morgan fingerprint density at radius 3 is 2.57 bits per heavy atom. The molecule has 102 valence electrons. The van der Waals surface area contributed by atoms with Crippen molar-refractivity contribution in [3.05, 3.63) is 64.9 Å². The molecule has 0 aliphatic carbocycles. The summed E-state index contributed by atoms with van der Waals surface area (Å²) in [5, 5.41) is 13.2. The summed E-state index contributed by atoms with van der Waals surface area (Å²) >= 11 is 5.95. The van der Waals surface area contributed by atoms with Gasteiger partial charge >= 0.3 is 0 Å². The van der Waals surface area contributed by atoms with Crippen molar-refractivity contribution in [1.29, 1.82) is 5.26 Å². The Labute approximate surface area is 127 Å². The van der Waals surface area contributed by atoms with E-state index in [-0.39, 0.29) is 5.28 Å². The van der Waals surface area contributed by atoms with Crippen LogP contribution in [0.1, 0.15) is 11.1 Å². The predicted molar refractivity (Wildman–Crippen MR) is 83.0 cm³/mol. The number of aromatic nitrogens is 2. The van der Waals surface area contributed by atoms with Crippen molar-refractivity contribution in [3.8, 4) is 6.07 Å². The minimum absolute atomic E-state index is 0.219. The van der Waals surface area contributed by atoms with Crippen molar-refractivity contribution < 1.29 is 0 Å². The van der Waals surface area contributed by atoms with Gasteiger partial charge in [-0.15, -0.1) is 0 Å². The first-order valence-electron chi connectivity index (χ1n) is 6.41. The lowest BCUT2D eigenvalue weighted by atomic mass is 10.1. The van der Waals surface area contributed by atoms with E-state index in [2.05, 4.69) is 21.4 Å². The lowest BCUT2D eigenvalue weighted by Crippen LogP contribution is -2.03. The molecule has 0 fully saturated rings. The van der Waals surface area contributed by atoms with Gasteiger partial charge in [0.1, 0.15) is 5.82 Å². The number of hydrogen-bond donors (Lipinski definition) is 1. The first-order chi connectivity index (χ1) is 10.3. The largest absolute Gasteiger partial charge is 0.365 e. The Bertz CT molecular complexity index is 822. The van der Waals surface area contributed by atoms with E-state index in [4.69, 9.17) is 16.9 Å². The van der Waals surface area contributed by atoms with Crippen LogP contribution in [0, 0.1) is 11.3 Å². The van der Waals surface area contributed by atoms with Gasteiger partial charge in [0, 0.05) is 11.9 Å². The highest BCUT2D eigenvalue weighted by Crippen LogP contribution is 2.22. The highest BCUT2D eigenvalue weighted by molar-refractivity contribution is 6.28. The second-order valence-electron chi connectivity index (χ2n) is 4.52. The summed E-state index contributed by atoms with van der Waals surface area (Å²) in [7, 11) is 0. The average Bonchev–Trinajstić information content (AvgIpc) is 2.53. The summed E-state index contributed by atoms with van der Waals surface area (Å²) < 4.78 is 0. The SMILES string of the molecule is N#Cc1ccc(CNc2nc(Cl)nc3ccccc23)cc1.